The molecule has 156 valence electrons. The minimum Gasteiger partial charge on any atom is -0.494 e. The molecule has 1 amide bonds. The maximum Gasteiger partial charge on any atom is 0.265 e. The van der Waals surface area contributed by atoms with Crippen molar-refractivity contribution in [2.45, 2.75) is 51.6 Å². The van der Waals surface area contributed by atoms with Crippen molar-refractivity contribution in [3.05, 3.63) is 48.5 Å². The molecule has 0 saturated heterocycles. The molecule has 0 aliphatic heterocycles. The number of para-hydroxylation sites is 2. The number of hydrogen-bond donors (Lipinski definition) is 1. The highest BCUT2D eigenvalue weighted by Crippen LogP contribution is 2.28. The summed E-state index contributed by atoms with van der Waals surface area (Å²) in [6.07, 6.45) is 7.24. The Bertz CT molecular complexity index is 769. The van der Waals surface area contributed by atoms with Gasteiger partial charge in [0.05, 0.1) is 13.7 Å². The number of methoxy groups -OCH3 is 1. The maximum absolute atomic E-state index is 12.4. The fourth-order valence-corrected chi connectivity index (χ4v) is 3.66. The second-order valence-electron chi connectivity index (χ2n) is 7.57. The number of ether oxygens (including phenoxy) is 3. The Morgan fingerprint density at radius 3 is 2.41 bits per heavy atom. The molecule has 1 fully saturated rings. The first-order valence-corrected chi connectivity index (χ1v) is 10.5. The van der Waals surface area contributed by atoms with E-state index in [1.807, 2.05) is 36.4 Å². The van der Waals surface area contributed by atoms with Crippen molar-refractivity contribution in [1.29, 1.82) is 0 Å². The van der Waals surface area contributed by atoms with E-state index in [9.17, 15) is 4.79 Å². The molecule has 1 saturated carbocycles. The zero-order chi connectivity index (χ0) is 20.5. The molecule has 0 bridgehead atoms. The average molecular weight is 398 g/mol. The predicted octanol–water partition coefficient (Wildman–Crippen LogP) is 5.45. The third-order valence-corrected chi connectivity index (χ3v) is 5.38. The van der Waals surface area contributed by atoms with Crippen LogP contribution in [0.3, 0.4) is 0 Å². The zero-order valence-corrected chi connectivity index (χ0v) is 17.4. The number of benzene rings is 2. The molecule has 5 nitrogen and oxygen atoms in total. The van der Waals surface area contributed by atoms with Crippen molar-refractivity contribution in [1.82, 2.24) is 0 Å². The Hall–Kier alpha value is -2.69. The second-order valence-corrected chi connectivity index (χ2v) is 7.57. The minimum absolute atomic E-state index is 0.220. The highest BCUT2D eigenvalue weighted by atomic mass is 16.5. The van der Waals surface area contributed by atoms with Crippen LogP contribution in [0.15, 0.2) is 48.5 Å². The number of anilines is 1. The number of carbonyl (C=O) groups excluding carboxylic acids is 1. The monoisotopic (exact) mass is 397 g/mol. The summed E-state index contributed by atoms with van der Waals surface area (Å²) in [6.45, 7) is 2.46. The molecule has 0 heterocycles. The van der Waals surface area contributed by atoms with Crippen molar-refractivity contribution >= 4 is 11.6 Å². The van der Waals surface area contributed by atoms with Gasteiger partial charge in [-0.1, -0.05) is 44.2 Å². The molecule has 1 atom stereocenters. The van der Waals surface area contributed by atoms with Crippen molar-refractivity contribution in [3.8, 4) is 17.2 Å². The lowest BCUT2D eigenvalue weighted by molar-refractivity contribution is -0.122. The van der Waals surface area contributed by atoms with Gasteiger partial charge in [0.2, 0.25) is 0 Å². The normalized spacial score (nSPS) is 15.4. The molecule has 1 unspecified atom stereocenters. The first kappa shape index (κ1) is 21.0. The Labute approximate surface area is 173 Å². The van der Waals surface area contributed by atoms with E-state index in [0.717, 1.165) is 24.7 Å². The second kappa shape index (κ2) is 10.7. The topological polar surface area (TPSA) is 56.8 Å². The molecular weight excluding hydrogens is 366 g/mol. The van der Waals surface area contributed by atoms with Crippen LogP contribution >= 0.6 is 0 Å². The van der Waals surface area contributed by atoms with Crippen LogP contribution in [0.4, 0.5) is 5.69 Å². The van der Waals surface area contributed by atoms with Gasteiger partial charge in [-0.2, -0.15) is 0 Å². The van der Waals surface area contributed by atoms with Gasteiger partial charge in [-0.3, -0.25) is 4.79 Å². The molecule has 2 aromatic rings. The van der Waals surface area contributed by atoms with Crippen molar-refractivity contribution in [2.24, 2.45) is 5.92 Å². The Balaban J connectivity index is 1.45. The Morgan fingerprint density at radius 1 is 1.03 bits per heavy atom. The summed E-state index contributed by atoms with van der Waals surface area (Å²) in [5, 5.41) is 2.87. The summed E-state index contributed by atoms with van der Waals surface area (Å²) >= 11 is 0. The van der Waals surface area contributed by atoms with E-state index in [-0.39, 0.29) is 5.91 Å². The summed E-state index contributed by atoms with van der Waals surface area (Å²) in [4.78, 5) is 12.4. The van der Waals surface area contributed by atoms with Crippen LogP contribution in [0.1, 0.15) is 45.4 Å². The van der Waals surface area contributed by atoms with Gasteiger partial charge in [-0.25, -0.2) is 0 Å². The smallest absolute Gasteiger partial charge is 0.265 e. The van der Waals surface area contributed by atoms with Gasteiger partial charge in [0.15, 0.2) is 17.6 Å². The molecule has 1 N–H and O–H groups in total. The lowest BCUT2D eigenvalue weighted by Gasteiger charge is -2.21. The van der Waals surface area contributed by atoms with E-state index in [1.165, 1.54) is 32.1 Å². The molecule has 5 heteroatoms. The lowest BCUT2D eigenvalue weighted by atomic mass is 9.87. The van der Waals surface area contributed by atoms with Gasteiger partial charge in [0.1, 0.15) is 5.75 Å². The molecule has 3 rings (SSSR count). The first-order chi connectivity index (χ1) is 14.2. The van der Waals surface area contributed by atoms with Crippen LogP contribution < -0.4 is 19.5 Å². The summed E-state index contributed by atoms with van der Waals surface area (Å²) < 4.78 is 16.9. The lowest BCUT2D eigenvalue weighted by Crippen LogP contribution is -2.30. The number of nitrogens with one attached hydrogen (secondary N) is 1. The molecular formula is C24H31NO4. The molecule has 0 radical (unpaired) electrons. The Morgan fingerprint density at radius 2 is 1.72 bits per heavy atom. The van der Waals surface area contributed by atoms with Gasteiger partial charge >= 0.3 is 0 Å². The summed E-state index contributed by atoms with van der Waals surface area (Å²) in [7, 11) is 1.58. The van der Waals surface area contributed by atoms with Gasteiger partial charge in [0, 0.05) is 5.69 Å². The van der Waals surface area contributed by atoms with Gasteiger partial charge in [0.25, 0.3) is 5.91 Å². The zero-order valence-electron chi connectivity index (χ0n) is 17.4. The quantitative estimate of drug-likeness (QED) is 0.611. The van der Waals surface area contributed by atoms with E-state index < -0.39 is 6.10 Å². The average Bonchev–Trinajstić information content (AvgIpc) is 2.76. The van der Waals surface area contributed by atoms with E-state index >= 15 is 0 Å². The van der Waals surface area contributed by atoms with Crippen LogP contribution in [-0.4, -0.2) is 25.7 Å². The van der Waals surface area contributed by atoms with Crippen molar-refractivity contribution in [2.75, 3.05) is 19.0 Å². The van der Waals surface area contributed by atoms with Crippen LogP contribution in [-0.2, 0) is 4.79 Å². The fourth-order valence-electron chi connectivity index (χ4n) is 3.66. The molecule has 0 spiro atoms. The molecule has 29 heavy (non-hydrogen) atoms. The van der Waals surface area contributed by atoms with E-state index in [4.69, 9.17) is 14.2 Å². The van der Waals surface area contributed by atoms with Crippen LogP contribution in [0.25, 0.3) is 0 Å². The van der Waals surface area contributed by atoms with E-state index in [0.29, 0.717) is 17.2 Å². The summed E-state index contributed by atoms with van der Waals surface area (Å²) in [5.74, 6) is 2.56. The molecule has 1 aliphatic carbocycles. The van der Waals surface area contributed by atoms with Crippen molar-refractivity contribution in [3.63, 3.8) is 0 Å². The van der Waals surface area contributed by atoms with E-state index in [1.54, 1.807) is 26.2 Å². The molecule has 0 aromatic heterocycles. The minimum atomic E-state index is -0.655. The number of hydrogen-bond acceptors (Lipinski definition) is 4. The van der Waals surface area contributed by atoms with Gasteiger partial charge < -0.3 is 19.5 Å². The predicted molar refractivity (Wildman–Crippen MR) is 115 cm³/mol. The largest absolute Gasteiger partial charge is 0.494 e. The highest BCUT2D eigenvalue weighted by Gasteiger charge is 2.17. The van der Waals surface area contributed by atoms with E-state index in [2.05, 4.69) is 5.32 Å². The van der Waals surface area contributed by atoms with Crippen LogP contribution in [0, 0.1) is 5.92 Å². The van der Waals surface area contributed by atoms with Crippen LogP contribution in [0.5, 0.6) is 17.2 Å². The third kappa shape index (κ3) is 6.41. The molecule has 2 aromatic carbocycles. The maximum atomic E-state index is 12.4. The SMILES string of the molecule is COc1ccccc1OC(C)C(=O)Nc1ccc(OCCC2CCCCC2)cc1. The van der Waals surface area contributed by atoms with Crippen LogP contribution in [0.2, 0.25) is 0 Å². The highest BCUT2D eigenvalue weighted by molar-refractivity contribution is 5.94. The van der Waals surface area contributed by atoms with Crippen molar-refractivity contribution < 1.29 is 19.0 Å². The number of carbonyl (C=O) groups is 1. The summed E-state index contributed by atoms with van der Waals surface area (Å²) in [6, 6.07) is 14.8. The number of rotatable bonds is 9. The third-order valence-electron chi connectivity index (χ3n) is 5.38. The number of amides is 1. The summed E-state index contributed by atoms with van der Waals surface area (Å²) in [5.41, 5.74) is 0.713. The first-order valence-electron chi connectivity index (χ1n) is 10.5. The Kier molecular flexibility index (Phi) is 7.79. The van der Waals surface area contributed by atoms with Gasteiger partial charge in [-0.15, -0.1) is 0 Å². The standard InChI is InChI=1S/C24H31NO4/c1-18(29-23-11-7-6-10-22(23)27-2)24(26)25-20-12-14-21(15-13-20)28-17-16-19-8-4-3-5-9-19/h6-7,10-15,18-19H,3-5,8-9,16-17H2,1-2H3,(H,25,26). The fraction of sp³-hybridized carbons (Fsp3) is 0.458. The molecule has 1 aliphatic rings. The van der Waals surface area contributed by atoms with Gasteiger partial charge in [-0.05, 0) is 55.7 Å².